The molecule has 1 aromatic rings. The van der Waals surface area contributed by atoms with Crippen LogP contribution in [0.25, 0.3) is 0 Å². The second-order valence-corrected chi connectivity index (χ2v) is 8.79. The van der Waals surface area contributed by atoms with Crippen molar-refractivity contribution in [2.75, 3.05) is 39.5 Å². The molecule has 3 rings (SSSR count). The van der Waals surface area contributed by atoms with Gasteiger partial charge >= 0.3 is 5.97 Å². The largest absolute Gasteiger partial charge is 0.484 e. The fourth-order valence-corrected chi connectivity index (χ4v) is 4.05. The molecule has 1 saturated carbocycles. The quantitative estimate of drug-likeness (QED) is 0.683. The SMILES string of the molecule is CC(C)(C)C1(Oc2cc(C(=O)OCCN3CCOCC3)ccc2F)CCCC1. The fraction of sp³-hybridized carbons (Fsp3) is 0.682. The number of morpholine rings is 1. The van der Waals surface area contributed by atoms with Crippen LogP contribution in [-0.2, 0) is 9.47 Å². The smallest absolute Gasteiger partial charge is 0.338 e. The maximum atomic E-state index is 14.4. The number of halogens is 1. The summed E-state index contributed by atoms with van der Waals surface area (Å²) in [6.45, 7) is 10.5. The third-order valence-corrected chi connectivity index (χ3v) is 5.99. The van der Waals surface area contributed by atoms with Crippen LogP contribution in [0.2, 0.25) is 0 Å². The van der Waals surface area contributed by atoms with Crippen LogP contribution in [0.3, 0.4) is 0 Å². The average Bonchev–Trinajstić information content (AvgIpc) is 3.14. The van der Waals surface area contributed by atoms with E-state index in [4.69, 9.17) is 14.2 Å². The molecular weight excluding hydrogens is 361 g/mol. The first-order valence-electron chi connectivity index (χ1n) is 10.3. The second-order valence-electron chi connectivity index (χ2n) is 8.79. The van der Waals surface area contributed by atoms with E-state index in [0.29, 0.717) is 31.9 Å². The number of rotatable bonds is 6. The van der Waals surface area contributed by atoms with E-state index in [0.717, 1.165) is 38.8 Å². The molecule has 1 aromatic carbocycles. The molecule has 1 heterocycles. The van der Waals surface area contributed by atoms with Crippen LogP contribution in [-0.4, -0.2) is 55.9 Å². The summed E-state index contributed by atoms with van der Waals surface area (Å²) < 4.78 is 31.4. The average molecular weight is 393 g/mol. The van der Waals surface area contributed by atoms with Crippen molar-refractivity contribution >= 4 is 5.97 Å². The predicted octanol–water partition coefficient (Wildman–Crippen LogP) is 4.05. The van der Waals surface area contributed by atoms with E-state index < -0.39 is 17.4 Å². The van der Waals surface area contributed by atoms with Crippen LogP contribution in [0.5, 0.6) is 5.75 Å². The number of hydrogen-bond donors (Lipinski definition) is 0. The minimum Gasteiger partial charge on any atom is -0.484 e. The van der Waals surface area contributed by atoms with Gasteiger partial charge in [-0.25, -0.2) is 9.18 Å². The molecule has 1 aliphatic heterocycles. The highest BCUT2D eigenvalue weighted by Crippen LogP contribution is 2.47. The Bertz CT molecular complexity index is 674. The predicted molar refractivity (Wildman–Crippen MR) is 105 cm³/mol. The van der Waals surface area contributed by atoms with Crippen molar-refractivity contribution in [2.45, 2.75) is 52.1 Å². The van der Waals surface area contributed by atoms with E-state index in [-0.39, 0.29) is 11.2 Å². The Morgan fingerprint density at radius 2 is 1.89 bits per heavy atom. The third-order valence-electron chi connectivity index (χ3n) is 5.99. The number of hydrogen-bond acceptors (Lipinski definition) is 5. The topological polar surface area (TPSA) is 48.0 Å². The number of carbonyl (C=O) groups excluding carboxylic acids is 1. The summed E-state index contributed by atoms with van der Waals surface area (Å²) >= 11 is 0. The summed E-state index contributed by atoms with van der Waals surface area (Å²) in [5.74, 6) is -0.755. The van der Waals surface area contributed by atoms with Gasteiger partial charge in [0.15, 0.2) is 11.6 Å². The van der Waals surface area contributed by atoms with Gasteiger partial charge in [0.05, 0.1) is 18.8 Å². The van der Waals surface area contributed by atoms with Gasteiger partial charge in [-0.2, -0.15) is 0 Å². The lowest BCUT2D eigenvalue weighted by molar-refractivity contribution is -0.0297. The second kappa shape index (κ2) is 8.78. The van der Waals surface area contributed by atoms with Gasteiger partial charge in [-0.1, -0.05) is 20.8 Å². The van der Waals surface area contributed by atoms with Crippen molar-refractivity contribution in [3.63, 3.8) is 0 Å². The highest BCUT2D eigenvalue weighted by Gasteiger charge is 2.46. The van der Waals surface area contributed by atoms with Gasteiger partial charge in [0.1, 0.15) is 12.2 Å². The molecule has 5 nitrogen and oxygen atoms in total. The number of esters is 1. The highest BCUT2D eigenvalue weighted by molar-refractivity contribution is 5.89. The molecule has 1 saturated heterocycles. The molecule has 0 unspecified atom stereocenters. The Balaban J connectivity index is 1.64. The van der Waals surface area contributed by atoms with Crippen LogP contribution in [0.15, 0.2) is 18.2 Å². The summed E-state index contributed by atoms with van der Waals surface area (Å²) in [5.41, 5.74) is -0.211. The zero-order valence-electron chi connectivity index (χ0n) is 17.3. The van der Waals surface area contributed by atoms with Gasteiger partial charge < -0.3 is 14.2 Å². The Hall–Kier alpha value is -1.66. The maximum Gasteiger partial charge on any atom is 0.338 e. The van der Waals surface area contributed by atoms with Gasteiger partial charge in [0.25, 0.3) is 0 Å². The lowest BCUT2D eigenvalue weighted by Gasteiger charge is -2.42. The van der Waals surface area contributed by atoms with Gasteiger partial charge in [-0.05, 0) is 43.9 Å². The lowest BCUT2D eigenvalue weighted by Crippen LogP contribution is -2.46. The maximum absolute atomic E-state index is 14.4. The molecule has 0 bridgehead atoms. The normalized spacial score (nSPS) is 20.1. The van der Waals surface area contributed by atoms with Crippen LogP contribution < -0.4 is 4.74 Å². The van der Waals surface area contributed by atoms with E-state index >= 15 is 0 Å². The summed E-state index contributed by atoms with van der Waals surface area (Å²) in [5, 5.41) is 0. The van der Waals surface area contributed by atoms with Crippen molar-refractivity contribution in [3.8, 4) is 5.75 Å². The van der Waals surface area contributed by atoms with E-state index in [1.807, 2.05) is 0 Å². The molecule has 0 radical (unpaired) electrons. The number of nitrogens with zero attached hydrogens (tertiary/aromatic N) is 1. The zero-order valence-corrected chi connectivity index (χ0v) is 17.3. The van der Waals surface area contributed by atoms with Crippen LogP contribution in [0, 0.1) is 11.2 Å². The first kappa shape index (κ1) is 21.1. The Morgan fingerprint density at radius 1 is 1.21 bits per heavy atom. The molecule has 0 amide bonds. The lowest BCUT2D eigenvalue weighted by atomic mass is 9.75. The van der Waals surface area contributed by atoms with Crippen LogP contribution >= 0.6 is 0 Å². The molecule has 156 valence electrons. The molecule has 1 aliphatic carbocycles. The summed E-state index contributed by atoms with van der Waals surface area (Å²) in [6, 6.07) is 4.23. The number of carbonyl (C=O) groups is 1. The van der Waals surface area contributed by atoms with E-state index in [1.54, 1.807) is 0 Å². The minimum absolute atomic E-state index is 0.120. The molecule has 0 N–H and O–H groups in total. The van der Waals surface area contributed by atoms with Gasteiger partial charge in [0.2, 0.25) is 0 Å². The fourth-order valence-electron chi connectivity index (χ4n) is 4.05. The van der Waals surface area contributed by atoms with Crippen molar-refractivity contribution in [2.24, 2.45) is 5.41 Å². The molecule has 0 atom stereocenters. The summed E-state index contributed by atoms with van der Waals surface area (Å²) in [7, 11) is 0. The first-order chi connectivity index (χ1) is 13.3. The van der Waals surface area contributed by atoms with Gasteiger partial charge in [0, 0.05) is 25.0 Å². The standard InChI is InChI=1S/C22H32FNO4/c1-21(2,3)22(8-4-5-9-22)28-19-16-17(6-7-18(19)23)20(25)27-15-12-24-10-13-26-14-11-24/h6-7,16H,4-5,8-15H2,1-3H3. The molecule has 2 aliphatic rings. The molecule has 6 heteroatoms. The molecule has 0 aromatic heterocycles. The van der Waals surface area contributed by atoms with Gasteiger partial charge in [-0.15, -0.1) is 0 Å². The molecule has 28 heavy (non-hydrogen) atoms. The number of benzene rings is 1. The Morgan fingerprint density at radius 3 is 2.54 bits per heavy atom. The summed E-state index contributed by atoms with van der Waals surface area (Å²) in [4.78, 5) is 14.6. The van der Waals surface area contributed by atoms with Crippen molar-refractivity contribution < 1.29 is 23.4 Å². The molecule has 2 fully saturated rings. The minimum atomic E-state index is -0.450. The zero-order chi connectivity index (χ0) is 20.2. The third kappa shape index (κ3) is 4.84. The van der Waals surface area contributed by atoms with Crippen molar-refractivity contribution in [1.82, 2.24) is 4.90 Å². The Kier molecular flexibility index (Phi) is 6.61. The van der Waals surface area contributed by atoms with Crippen LogP contribution in [0.1, 0.15) is 56.8 Å². The number of ether oxygens (including phenoxy) is 3. The molecule has 0 spiro atoms. The van der Waals surface area contributed by atoms with Crippen LogP contribution in [0.4, 0.5) is 4.39 Å². The summed E-state index contributed by atoms with van der Waals surface area (Å²) in [6.07, 6.45) is 3.93. The van der Waals surface area contributed by atoms with Crippen molar-refractivity contribution in [1.29, 1.82) is 0 Å². The Labute approximate surface area is 167 Å². The van der Waals surface area contributed by atoms with E-state index in [1.165, 1.54) is 18.2 Å². The van der Waals surface area contributed by atoms with Gasteiger partial charge in [-0.3, -0.25) is 4.90 Å². The monoisotopic (exact) mass is 393 g/mol. The van der Waals surface area contributed by atoms with E-state index in [9.17, 15) is 9.18 Å². The highest BCUT2D eigenvalue weighted by atomic mass is 19.1. The van der Waals surface area contributed by atoms with Crippen molar-refractivity contribution in [3.05, 3.63) is 29.6 Å². The first-order valence-corrected chi connectivity index (χ1v) is 10.3. The molecular formula is C22H32FNO4. The van der Waals surface area contributed by atoms with E-state index in [2.05, 4.69) is 25.7 Å².